The molecule has 98 valence electrons. The molecule has 0 spiro atoms. The van der Waals surface area contributed by atoms with Crippen LogP contribution < -0.4 is 9.47 Å². The predicted molar refractivity (Wildman–Crippen MR) is 73.9 cm³/mol. The van der Waals surface area contributed by atoms with E-state index in [1.165, 1.54) is 5.56 Å². The highest BCUT2D eigenvalue weighted by Gasteiger charge is 2.05. The van der Waals surface area contributed by atoms with E-state index in [9.17, 15) is 4.79 Å². The second-order valence-electron chi connectivity index (χ2n) is 4.30. The molecule has 19 heavy (non-hydrogen) atoms. The largest absolute Gasteiger partial charge is 0.493 e. The molecule has 0 heterocycles. The summed E-state index contributed by atoms with van der Waals surface area (Å²) in [6.07, 6.45) is 0.784. The zero-order valence-corrected chi connectivity index (χ0v) is 11.1. The summed E-state index contributed by atoms with van der Waals surface area (Å²) in [5, 5.41) is 0. The van der Waals surface area contributed by atoms with Gasteiger partial charge in [-0.3, -0.25) is 4.79 Å². The molecule has 3 nitrogen and oxygen atoms in total. The van der Waals surface area contributed by atoms with Crippen LogP contribution in [0.2, 0.25) is 0 Å². The molecule has 2 aromatic carbocycles. The summed E-state index contributed by atoms with van der Waals surface area (Å²) in [5.41, 5.74) is 2.88. The van der Waals surface area contributed by atoms with Gasteiger partial charge in [-0.15, -0.1) is 0 Å². The van der Waals surface area contributed by atoms with Crippen LogP contribution in [0.15, 0.2) is 42.5 Å². The average molecular weight is 256 g/mol. The highest BCUT2D eigenvalue weighted by molar-refractivity contribution is 5.76. The van der Waals surface area contributed by atoms with E-state index in [1.54, 1.807) is 25.3 Å². The number of hydrogen-bond acceptors (Lipinski definition) is 3. The first-order valence-electron chi connectivity index (χ1n) is 6.04. The lowest BCUT2D eigenvalue weighted by molar-refractivity contribution is 0.112. The van der Waals surface area contributed by atoms with Crippen molar-refractivity contribution in [2.75, 3.05) is 7.11 Å². The van der Waals surface area contributed by atoms with E-state index < -0.39 is 0 Å². The molecule has 0 aliphatic rings. The summed E-state index contributed by atoms with van der Waals surface area (Å²) >= 11 is 0. The molecule has 0 saturated carbocycles. The maximum Gasteiger partial charge on any atom is 0.161 e. The number of carbonyl (C=O) groups excluding carboxylic acids is 1. The number of hydrogen-bond donors (Lipinski definition) is 0. The SMILES string of the molecule is COc1cc(C=O)ccc1OCc1ccc(C)cc1. The molecule has 0 aromatic heterocycles. The molecule has 3 heteroatoms. The van der Waals surface area contributed by atoms with Gasteiger partial charge in [0.15, 0.2) is 11.5 Å². The molecule has 0 atom stereocenters. The van der Waals surface area contributed by atoms with E-state index in [0.29, 0.717) is 23.7 Å². The molecular formula is C16H16O3. The third-order valence-corrected chi connectivity index (χ3v) is 2.84. The van der Waals surface area contributed by atoms with Gasteiger partial charge in [-0.05, 0) is 30.7 Å². The third kappa shape index (κ3) is 3.35. The molecule has 0 aliphatic heterocycles. The lowest BCUT2D eigenvalue weighted by Crippen LogP contribution is -1.98. The zero-order valence-electron chi connectivity index (χ0n) is 11.1. The Morgan fingerprint density at radius 3 is 2.42 bits per heavy atom. The maximum absolute atomic E-state index is 10.7. The highest BCUT2D eigenvalue weighted by Crippen LogP contribution is 2.28. The van der Waals surface area contributed by atoms with Crippen molar-refractivity contribution >= 4 is 6.29 Å². The number of carbonyl (C=O) groups is 1. The van der Waals surface area contributed by atoms with E-state index >= 15 is 0 Å². The van der Waals surface area contributed by atoms with Crippen molar-refractivity contribution in [1.29, 1.82) is 0 Å². The first-order chi connectivity index (χ1) is 9.22. The summed E-state index contributed by atoms with van der Waals surface area (Å²) in [6, 6.07) is 13.3. The minimum atomic E-state index is 0.469. The van der Waals surface area contributed by atoms with Gasteiger partial charge in [0.2, 0.25) is 0 Å². The van der Waals surface area contributed by atoms with Crippen LogP contribution in [-0.4, -0.2) is 13.4 Å². The Balaban J connectivity index is 2.10. The van der Waals surface area contributed by atoms with Crippen LogP contribution >= 0.6 is 0 Å². The normalized spacial score (nSPS) is 10.0. The molecule has 0 N–H and O–H groups in total. The predicted octanol–water partition coefficient (Wildman–Crippen LogP) is 3.40. The van der Waals surface area contributed by atoms with Crippen LogP contribution in [0.4, 0.5) is 0 Å². The van der Waals surface area contributed by atoms with Gasteiger partial charge in [-0.1, -0.05) is 29.8 Å². The van der Waals surface area contributed by atoms with Crippen molar-refractivity contribution in [3.8, 4) is 11.5 Å². The first-order valence-corrected chi connectivity index (χ1v) is 6.04. The molecule has 0 saturated heterocycles. The van der Waals surface area contributed by atoms with Crippen LogP contribution in [0.3, 0.4) is 0 Å². The van der Waals surface area contributed by atoms with Gasteiger partial charge >= 0.3 is 0 Å². The Morgan fingerprint density at radius 2 is 1.79 bits per heavy atom. The molecule has 0 unspecified atom stereocenters. The number of aldehydes is 1. The lowest BCUT2D eigenvalue weighted by Gasteiger charge is -2.11. The maximum atomic E-state index is 10.7. The molecule has 0 fully saturated rings. The summed E-state index contributed by atoms with van der Waals surface area (Å²) in [5.74, 6) is 1.20. The Labute approximate surface area is 112 Å². The summed E-state index contributed by atoms with van der Waals surface area (Å²) < 4.78 is 10.9. The Kier molecular flexibility index (Phi) is 4.18. The summed E-state index contributed by atoms with van der Waals surface area (Å²) in [6.45, 7) is 2.52. The van der Waals surface area contributed by atoms with Crippen LogP contribution in [0, 0.1) is 6.92 Å². The minimum absolute atomic E-state index is 0.469. The van der Waals surface area contributed by atoms with Crippen molar-refractivity contribution in [3.05, 3.63) is 59.2 Å². The summed E-state index contributed by atoms with van der Waals surface area (Å²) in [7, 11) is 1.56. The Hall–Kier alpha value is -2.29. The summed E-state index contributed by atoms with van der Waals surface area (Å²) in [4.78, 5) is 10.7. The Bertz CT molecular complexity index is 559. The van der Waals surface area contributed by atoms with Crippen molar-refractivity contribution in [1.82, 2.24) is 0 Å². The fraction of sp³-hybridized carbons (Fsp3) is 0.188. The fourth-order valence-corrected chi connectivity index (χ4v) is 1.72. The monoisotopic (exact) mass is 256 g/mol. The molecule has 2 aromatic rings. The van der Waals surface area contributed by atoms with Crippen LogP contribution in [0.25, 0.3) is 0 Å². The topological polar surface area (TPSA) is 35.5 Å². The van der Waals surface area contributed by atoms with Gasteiger partial charge < -0.3 is 9.47 Å². The number of methoxy groups -OCH3 is 1. The van der Waals surface area contributed by atoms with Crippen LogP contribution in [0.5, 0.6) is 11.5 Å². The van der Waals surface area contributed by atoms with E-state index in [-0.39, 0.29) is 0 Å². The van der Waals surface area contributed by atoms with Gasteiger partial charge in [-0.2, -0.15) is 0 Å². The quantitative estimate of drug-likeness (QED) is 0.769. The van der Waals surface area contributed by atoms with Gasteiger partial charge in [0.1, 0.15) is 12.9 Å². The lowest BCUT2D eigenvalue weighted by atomic mass is 10.2. The highest BCUT2D eigenvalue weighted by atomic mass is 16.5. The van der Waals surface area contributed by atoms with Crippen LogP contribution in [-0.2, 0) is 6.61 Å². The second kappa shape index (κ2) is 6.05. The third-order valence-electron chi connectivity index (χ3n) is 2.84. The molecule has 0 radical (unpaired) electrons. The van der Waals surface area contributed by atoms with Crippen molar-refractivity contribution in [3.63, 3.8) is 0 Å². The first kappa shape index (κ1) is 13.1. The van der Waals surface area contributed by atoms with E-state index in [0.717, 1.165) is 11.8 Å². The van der Waals surface area contributed by atoms with Crippen molar-refractivity contribution in [2.45, 2.75) is 13.5 Å². The fourth-order valence-electron chi connectivity index (χ4n) is 1.72. The minimum Gasteiger partial charge on any atom is -0.493 e. The van der Waals surface area contributed by atoms with Crippen molar-refractivity contribution < 1.29 is 14.3 Å². The molecule has 2 rings (SSSR count). The average Bonchev–Trinajstić information content (AvgIpc) is 2.46. The van der Waals surface area contributed by atoms with Gasteiger partial charge in [0.05, 0.1) is 7.11 Å². The van der Waals surface area contributed by atoms with Gasteiger partial charge in [0.25, 0.3) is 0 Å². The number of aryl methyl sites for hydroxylation is 1. The van der Waals surface area contributed by atoms with Crippen LogP contribution in [0.1, 0.15) is 21.5 Å². The number of ether oxygens (including phenoxy) is 2. The van der Waals surface area contributed by atoms with Gasteiger partial charge in [-0.25, -0.2) is 0 Å². The smallest absolute Gasteiger partial charge is 0.161 e. The van der Waals surface area contributed by atoms with E-state index in [2.05, 4.69) is 0 Å². The zero-order chi connectivity index (χ0) is 13.7. The van der Waals surface area contributed by atoms with E-state index in [1.807, 2.05) is 31.2 Å². The molecule has 0 amide bonds. The van der Waals surface area contributed by atoms with E-state index in [4.69, 9.17) is 9.47 Å². The molecular weight excluding hydrogens is 240 g/mol. The number of rotatable bonds is 5. The van der Waals surface area contributed by atoms with Gasteiger partial charge in [0, 0.05) is 5.56 Å². The number of benzene rings is 2. The Morgan fingerprint density at radius 1 is 1.05 bits per heavy atom. The standard InChI is InChI=1S/C16H16O3/c1-12-3-5-13(6-4-12)11-19-15-8-7-14(10-17)9-16(15)18-2/h3-10H,11H2,1-2H3. The molecule has 0 aliphatic carbocycles. The van der Waals surface area contributed by atoms with Crippen molar-refractivity contribution in [2.24, 2.45) is 0 Å². The molecule has 0 bridgehead atoms. The second-order valence-corrected chi connectivity index (χ2v) is 4.30.